The molecule has 0 saturated heterocycles. The maximum Gasteiger partial charge on any atom is 0.104 e. The summed E-state index contributed by atoms with van der Waals surface area (Å²) in [4.78, 5) is 0. The van der Waals surface area contributed by atoms with Gasteiger partial charge in [-0.25, -0.2) is 0 Å². The molecule has 0 bridgehead atoms. The predicted molar refractivity (Wildman–Crippen MR) is 35.4 cm³/mol. The molecule has 0 aromatic rings. The Kier molecular flexibility index (Phi) is 1.25. The van der Waals surface area contributed by atoms with Crippen LogP contribution in [0.15, 0.2) is 12.3 Å². The Balaban J connectivity index is 2.46. The second kappa shape index (κ2) is 1.67. The van der Waals surface area contributed by atoms with Gasteiger partial charge in [0, 0.05) is 5.70 Å². The first-order valence-electron chi connectivity index (χ1n) is 2.51. The van der Waals surface area contributed by atoms with Gasteiger partial charge < -0.3 is 9.83 Å². The Bertz CT molecular complexity index is 120. The third-order valence-electron chi connectivity index (χ3n) is 1.42. The van der Waals surface area contributed by atoms with Crippen LogP contribution in [0.2, 0.25) is 0 Å². The molecular formula is C5H9NOS. The Morgan fingerprint density at radius 3 is 2.38 bits per heavy atom. The fourth-order valence-electron chi connectivity index (χ4n) is 0.524. The van der Waals surface area contributed by atoms with Crippen molar-refractivity contribution in [2.75, 3.05) is 0 Å². The van der Waals surface area contributed by atoms with Gasteiger partial charge in [0.25, 0.3) is 0 Å². The molecule has 0 atom stereocenters. The van der Waals surface area contributed by atoms with E-state index in [-0.39, 0.29) is 0 Å². The molecule has 1 rings (SSSR count). The van der Waals surface area contributed by atoms with Gasteiger partial charge in [-0.05, 0) is 12.8 Å². The molecule has 3 heteroatoms. The van der Waals surface area contributed by atoms with Gasteiger partial charge in [-0.2, -0.15) is 0 Å². The second-order valence-corrected chi connectivity index (χ2v) is 2.35. The standard InChI is InChI=1S/C5H9NOS/c1-4(6-8)5(7)2-3-5/h6-8H,1-3H2. The predicted octanol–water partition coefficient (Wildman–Crippen LogP) is 0.459. The van der Waals surface area contributed by atoms with Crippen LogP contribution in [0.1, 0.15) is 12.8 Å². The van der Waals surface area contributed by atoms with Crippen LogP contribution in [0.5, 0.6) is 0 Å². The topological polar surface area (TPSA) is 32.3 Å². The molecule has 1 fully saturated rings. The summed E-state index contributed by atoms with van der Waals surface area (Å²) in [6, 6.07) is 0. The number of aliphatic hydroxyl groups is 1. The van der Waals surface area contributed by atoms with Crippen molar-refractivity contribution in [1.82, 2.24) is 4.72 Å². The maximum absolute atomic E-state index is 9.19. The summed E-state index contributed by atoms with van der Waals surface area (Å²) in [7, 11) is 0. The van der Waals surface area contributed by atoms with E-state index < -0.39 is 5.60 Å². The summed E-state index contributed by atoms with van der Waals surface area (Å²) in [5.41, 5.74) is -0.0114. The molecule has 0 unspecified atom stereocenters. The molecule has 46 valence electrons. The van der Waals surface area contributed by atoms with E-state index in [2.05, 4.69) is 24.1 Å². The molecule has 0 aliphatic heterocycles. The quantitative estimate of drug-likeness (QED) is 0.476. The monoisotopic (exact) mass is 131 g/mol. The molecule has 0 aromatic heterocycles. The molecular weight excluding hydrogens is 122 g/mol. The summed E-state index contributed by atoms with van der Waals surface area (Å²) in [6.45, 7) is 3.57. The van der Waals surface area contributed by atoms with Gasteiger partial charge in [-0.3, -0.25) is 0 Å². The van der Waals surface area contributed by atoms with Gasteiger partial charge in [-0.15, -0.1) is 0 Å². The molecule has 0 aromatic carbocycles. The normalized spacial score (nSPS) is 22.2. The molecule has 0 amide bonds. The second-order valence-electron chi connectivity index (χ2n) is 2.12. The summed E-state index contributed by atoms with van der Waals surface area (Å²) < 4.78 is 2.52. The van der Waals surface area contributed by atoms with Crippen molar-refractivity contribution in [1.29, 1.82) is 0 Å². The van der Waals surface area contributed by atoms with Gasteiger partial charge in [0.05, 0.1) is 0 Å². The molecule has 0 radical (unpaired) electrons. The molecule has 1 aliphatic carbocycles. The van der Waals surface area contributed by atoms with E-state index in [1.54, 1.807) is 0 Å². The highest BCUT2D eigenvalue weighted by molar-refractivity contribution is 7.78. The van der Waals surface area contributed by atoms with E-state index in [0.717, 1.165) is 12.8 Å². The lowest BCUT2D eigenvalue weighted by Gasteiger charge is -2.08. The molecule has 1 saturated carbocycles. The highest BCUT2D eigenvalue weighted by atomic mass is 32.1. The van der Waals surface area contributed by atoms with E-state index >= 15 is 0 Å². The van der Waals surface area contributed by atoms with Crippen LogP contribution in [0.25, 0.3) is 0 Å². The van der Waals surface area contributed by atoms with Crippen molar-refractivity contribution in [2.24, 2.45) is 0 Å². The Hall–Kier alpha value is -0.150. The smallest absolute Gasteiger partial charge is 0.104 e. The number of nitrogens with one attached hydrogen (secondary N) is 1. The van der Waals surface area contributed by atoms with Crippen molar-refractivity contribution in [3.8, 4) is 0 Å². The molecule has 2 N–H and O–H groups in total. The molecule has 0 heterocycles. The Morgan fingerprint density at radius 2 is 2.25 bits per heavy atom. The van der Waals surface area contributed by atoms with Gasteiger partial charge in [0.2, 0.25) is 0 Å². The summed E-state index contributed by atoms with van der Waals surface area (Å²) in [6.07, 6.45) is 1.64. The van der Waals surface area contributed by atoms with Crippen molar-refractivity contribution < 1.29 is 5.11 Å². The van der Waals surface area contributed by atoms with Crippen LogP contribution in [0, 0.1) is 0 Å². The zero-order valence-corrected chi connectivity index (χ0v) is 5.41. The minimum Gasteiger partial charge on any atom is -0.384 e. The zero-order valence-electron chi connectivity index (χ0n) is 4.52. The van der Waals surface area contributed by atoms with E-state index in [0.29, 0.717) is 5.70 Å². The van der Waals surface area contributed by atoms with Gasteiger partial charge in [-0.1, -0.05) is 19.4 Å². The summed E-state index contributed by atoms with van der Waals surface area (Å²) >= 11 is 3.74. The van der Waals surface area contributed by atoms with Crippen molar-refractivity contribution >= 4 is 12.8 Å². The minimum atomic E-state index is -0.623. The lowest BCUT2D eigenvalue weighted by atomic mass is 10.3. The highest BCUT2D eigenvalue weighted by Gasteiger charge is 2.42. The van der Waals surface area contributed by atoms with Gasteiger partial charge >= 0.3 is 0 Å². The first-order valence-corrected chi connectivity index (χ1v) is 2.96. The SMILES string of the molecule is C=C(NS)C1(O)CC1. The van der Waals surface area contributed by atoms with Crippen molar-refractivity contribution in [2.45, 2.75) is 18.4 Å². The van der Waals surface area contributed by atoms with E-state index in [9.17, 15) is 5.11 Å². The van der Waals surface area contributed by atoms with Gasteiger partial charge in [0.1, 0.15) is 5.60 Å². The van der Waals surface area contributed by atoms with Crippen LogP contribution in [-0.2, 0) is 0 Å². The number of hydrogen-bond acceptors (Lipinski definition) is 3. The average molecular weight is 131 g/mol. The lowest BCUT2D eigenvalue weighted by Crippen LogP contribution is -2.17. The fraction of sp³-hybridized carbons (Fsp3) is 0.600. The largest absolute Gasteiger partial charge is 0.384 e. The van der Waals surface area contributed by atoms with Crippen LogP contribution in [0.4, 0.5) is 0 Å². The highest BCUT2D eigenvalue weighted by Crippen LogP contribution is 2.39. The van der Waals surface area contributed by atoms with Crippen molar-refractivity contribution in [3.63, 3.8) is 0 Å². The molecule has 8 heavy (non-hydrogen) atoms. The maximum atomic E-state index is 9.19. The fourth-order valence-corrected chi connectivity index (χ4v) is 0.732. The Labute approximate surface area is 54.1 Å². The first-order chi connectivity index (χ1) is 3.69. The molecule has 2 nitrogen and oxygen atoms in total. The number of thiol groups is 1. The van der Waals surface area contributed by atoms with E-state index in [1.807, 2.05) is 0 Å². The van der Waals surface area contributed by atoms with Crippen LogP contribution in [0.3, 0.4) is 0 Å². The third-order valence-corrected chi connectivity index (χ3v) is 1.69. The first kappa shape index (κ1) is 5.98. The third kappa shape index (κ3) is 0.833. The molecule has 0 spiro atoms. The van der Waals surface area contributed by atoms with Crippen molar-refractivity contribution in [3.05, 3.63) is 12.3 Å². The lowest BCUT2D eigenvalue weighted by molar-refractivity contribution is 0.185. The van der Waals surface area contributed by atoms with E-state index in [1.165, 1.54) is 0 Å². The van der Waals surface area contributed by atoms with Gasteiger partial charge in [0.15, 0.2) is 0 Å². The average Bonchev–Trinajstić information content (AvgIpc) is 2.47. The Morgan fingerprint density at radius 1 is 1.75 bits per heavy atom. The summed E-state index contributed by atoms with van der Waals surface area (Å²) in [5.74, 6) is 0. The summed E-state index contributed by atoms with van der Waals surface area (Å²) in [5, 5.41) is 9.19. The van der Waals surface area contributed by atoms with Crippen LogP contribution < -0.4 is 4.72 Å². The minimum absolute atomic E-state index is 0.612. The number of hydrogen-bond donors (Lipinski definition) is 3. The van der Waals surface area contributed by atoms with Crippen LogP contribution >= 0.6 is 12.8 Å². The number of rotatable bonds is 2. The molecule has 1 aliphatic rings. The zero-order chi connectivity index (χ0) is 6.20. The van der Waals surface area contributed by atoms with E-state index in [4.69, 9.17) is 0 Å². The van der Waals surface area contributed by atoms with Crippen LogP contribution in [-0.4, -0.2) is 10.7 Å².